The highest BCUT2D eigenvalue weighted by Gasteiger charge is 2.38. The van der Waals surface area contributed by atoms with Gasteiger partial charge in [0.05, 0.1) is 11.4 Å². The molecule has 2 fully saturated rings. The molecule has 1 heterocycles. The molecule has 1 aromatic rings. The second-order valence-electron chi connectivity index (χ2n) is 6.85. The van der Waals surface area contributed by atoms with Crippen LogP contribution in [0.15, 0.2) is 24.3 Å². The van der Waals surface area contributed by atoms with E-state index >= 15 is 0 Å². The van der Waals surface area contributed by atoms with Crippen molar-refractivity contribution in [1.29, 1.82) is 0 Å². The molecule has 1 saturated heterocycles. The Labute approximate surface area is 157 Å². The van der Waals surface area contributed by atoms with Crippen molar-refractivity contribution in [3.8, 4) is 0 Å². The second-order valence-corrected chi connectivity index (χ2v) is 7.85. The molecule has 0 bridgehead atoms. The molecule has 1 unspecified atom stereocenters. The lowest BCUT2D eigenvalue weighted by Crippen LogP contribution is -2.49. The normalized spacial score (nSPS) is 20.3. The van der Waals surface area contributed by atoms with Crippen molar-refractivity contribution in [3.63, 3.8) is 0 Å². The van der Waals surface area contributed by atoms with Crippen LogP contribution in [0, 0.1) is 5.92 Å². The molecule has 2 N–H and O–H groups in total. The van der Waals surface area contributed by atoms with Gasteiger partial charge in [0.1, 0.15) is 6.04 Å². The molecule has 1 aliphatic carbocycles. The van der Waals surface area contributed by atoms with E-state index in [4.69, 9.17) is 5.11 Å². The molecule has 1 aromatic carbocycles. The van der Waals surface area contributed by atoms with Crippen molar-refractivity contribution < 1.29 is 19.5 Å². The number of rotatable bonds is 6. The number of carboxylic acid groups (broad SMARTS) is 1. The van der Waals surface area contributed by atoms with Gasteiger partial charge in [-0.05, 0) is 37.0 Å². The van der Waals surface area contributed by atoms with Gasteiger partial charge in [-0.3, -0.25) is 9.59 Å². The summed E-state index contributed by atoms with van der Waals surface area (Å²) >= 11 is 1.63. The van der Waals surface area contributed by atoms with Crippen molar-refractivity contribution >= 4 is 29.5 Å². The lowest BCUT2D eigenvalue weighted by atomic mass is 10.1. The van der Waals surface area contributed by atoms with E-state index in [-0.39, 0.29) is 29.3 Å². The van der Waals surface area contributed by atoms with E-state index in [1.54, 1.807) is 40.9 Å². The van der Waals surface area contributed by atoms with Gasteiger partial charge in [0.15, 0.2) is 0 Å². The van der Waals surface area contributed by atoms with Crippen molar-refractivity contribution in [2.45, 2.75) is 38.1 Å². The fraction of sp³-hybridized carbons (Fsp3) is 0.526. The van der Waals surface area contributed by atoms with Crippen LogP contribution in [-0.2, 0) is 16.0 Å². The Morgan fingerprint density at radius 1 is 1.15 bits per heavy atom. The van der Waals surface area contributed by atoms with E-state index in [2.05, 4.69) is 5.32 Å². The van der Waals surface area contributed by atoms with Gasteiger partial charge in [0.25, 0.3) is 0 Å². The monoisotopic (exact) mass is 376 g/mol. The third-order valence-corrected chi connectivity index (χ3v) is 6.10. The van der Waals surface area contributed by atoms with Crippen molar-refractivity contribution in [3.05, 3.63) is 35.4 Å². The smallest absolute Gasteiger partial charge is 0.335 e. The molecule has 2 amide bonds. The molecule has 2 aliphatic rings. The maximum absolute atomic E-state index is 12.6. The Bertz CT molecular complexity index is 671. The van der Waals surface area contributed by atoms with E-state index in [9.17, 15) is 14.4 Å². The first kappa shape index (κ1) is 18.8. The Balaban J connectivity index is 1.49. The molecule has 0 radical (unpaired) electrons. The van der Waals surface area contributed by atoms with Gasteiger partial charge in [-0.25, -0.2) is 4.79 Å². The number of benzene rings is 1. The molecule has 0 spiro atoms. The van der Waals surface area contributed by atoms with Crippen LogP contribution >= 0.6 is 11.8 Å². The average Bonchev–Trinajstić information content (AvgIpc) is 3.33. The lowest BCUT2D eigenvalue weighted by molar-refractivity contribution is -0.141. The molecule has 0 aromatic heterocycles. The Morgan fingerprint density at radius 2 is 1.85 bits per heavy atom. The van der Waals surface area contributed by atoms with Gasteiger partial charge >= 0.3 is 5.97 Å². The van der Waals surface area contributed by atoms with Gasteiger partial charge < -0.3 is 15.3 Å². The number of nitrogens with one attached hydrogen (secondary N) is 1. The maximum Gasteiger partial charge on any atom is 0.335 e. The summed E-state index contributed by atoms with van der Waals surface area (Å²) in [5.74, 6) is 0.439. The van der Waals surface area contributed by atoms with Crippen LogP contribution in [0.3, 0.4) is 0 Å². The lowest BCUT2D eigenvalue weighted by Gasteiger charge is -2.25. The third kappa shape index (κ3) is 4.38. The number of hydrogen-bond acceptors (Lipinski definition) is 4. The first-order chi connectivity index (χ1) is 12.6. The SMILES string of the molecule is O=C(O)c1ccc(CCNC(=O)C2CSCN2C(=O)C2CCCC2)cc1. The van der Waals surface area contributed by atoms with Crippen LogP contribution in [0.4, 0.5) is 0 Å². The number of carboxylic acids is 1. The number of carbonyl (C=O) groups is 3. The van der Waals surface area contributed by atoms with E-state index in [0.717, 1.165) is 31.2 Å². The topological polar surface area (TPSA) is 86.7 Å². The molecule has 1 atom stereocenters. The minimum absolute atomic E-state index is 0.0940. The van der Waals surface area contributed by atoms with Gasteiger partial charge in [0.2, 0.25) is 11.8 Å². The minimum Gasteiger partial charge on any atom is -0.478 e. The second kappa shape index (κ2) is 8.58. The van der Waals surface area contributed by atoms with Crippen LogP contribution in [0.2, 0.25) is 0 Å². The van der Waals surface area contributed by atoms with E-state index in [0.29, 0.717) is 24.6 Å². The summed E-state index contributed by atoms with van der Waals surface area (Å²) in [6.45, 7) is 0.470. The summed E-state index contributed by atoms with van der Waals surface area (Å²) in [6.07, 6.45) is 4.73. The molecular formula is C19H24N2O4S. The summed E-state index contributed by atoms with van der Waals surface area (Å²) < 4.78 is 0. The summed E-state index contributed by atoms with van der Waals surface area (Å²) in [5.41, 5.74) is 1.22. The summed E-state index contributed by atoms with van der Waals surface area (Å²) in [6, 6.07) is 6.28. The Hall–Kier alpha value is -2.02. The fourth-order valence-corrected chi connectivity index (χ4v) is 4.71. The first-order valence-electron chi connectivity index (χ1n) is 9.04. The molecule has 1 aliphatic heterocycles. The zero-order chi connectivity index (χ0) is 18.5. The predicted molar refractivity (Wildman–Crippen MR) is 100 cm³/mol. The standard InChI is InChI=1S/C19H24N2O4S/c22-17(20-10-9-13-5-7-15(8-6-13)19(24)25)16-11-26-12-21(16)18(23)14-3-1-2-4-14/h5-8,14,16H,1-4,9-12H2,(H,20,22)(H,24,25). The van der Waals surface area contributed by atoms with E-state index in [1.165, 1.54) is 0 Å². The minimum atomic E-state index is -0.949. The molecule has 3 rings (SSSR count). The van der Waals surface area contributed by atoms with Crippen LogP contribution < -0.4 is 5.32 Å². The van der Waals surface area contributed by atoms with Crippen LogP contribution in [0.25, 0.3) is 0 Å². The summed E-state index contributed by atoms with van der Waals surface area (Å²) in [7, 11) is 0. The average molecular weight is 376 g/mol. The Morgan fingerprint density at radius 3 is 2.50 bits per heavy atom. The molecule has 7 heteroatoms. The molecular weight excluding hydrogens is 352 g/mol. The van der Waals surface area contributed by atoms with Gasteiger partial charge in [-0.1, -0.05) is 25.0 Å². The van der Waals surface area contributed by atoms with Crippen molar-refractivity contribution in [2.75, 3.05) is 18.2 Å². The van der Waals surface area contributed by atoms with Gasteiger partial charge in [0, 0.05) is 18.2 Å². The highest BCUT2D eigenvalue weighted by molar-refractivity contribution is 7.99. The number of aromatic carboxylic acids is 1. The zero-order valence-electron chi connectivity index (χ0n) is 14.6. The van der Waals surface area contributed by atoms with Crippen LogP contribution in [0.1, 0.15) is 41.6 Å². The number of nitrogens with zero attached hydrogens (tertiary/aromatic N) is 1. The molecule has 140 valence electrons. The number of thioether (sulfide) groups is 1. The highest BCUT2D eigenvalue weighted by Crippen LogP contribution is 2.30. The van der Waals surface area contributed by atoms with Crippen LogP contribution in [-0.4, -0.2) is 52.0 Å². The Kier molecular flexibility index (Phi) is 6.19. The third-order valence-electron chi connectivity index (χ3n) is 5.09. The van der Waals surface area contributed by atoms with E-state index in [1.807, 2.05) is 0 Å². The van der Waals surface area contributed by atoms with Gasteiger partial charge in [-0.2, -0.15) is 0 Å². The number of hydrogen-bond donors (Lipinski definition) is 2. The largest absolute Gasteiger partial charge is 0.478 e. The molecule has 6 nitrogen and oxygen atoms in total. The van der Waals surface area contributed by atoms with Crippen molar-refractivity contribution in [1.82, 2.24) is 10.2 Å². The zero-order valence-corrected chi connectivity index (χ0v) is 15.5. The number of carbonyl (C=O) groups excluding carboxylic acids is 2. The quantitative estimate of drug-likeness (QED) is 0.794. The first-order valence-corrected chi connectivity index (χ1v) is 10.2. The van der Waals surface area contributed by atoms with Crippen LogP contribution in [0.5, 0.6) is 0 Å². The van der Waals surface area contributed by atoms with E-state index < -0.39 is 5.97 Å². The van der Waals surface area contributed by atoms with Crippen molar-refractivity contribution in [2.24, 2.45) is 5.92 Å². The fourth-order valence-electron chi connectivity index (χ4n) is 3.55. The number of amides is 2. The molecule has 26 heavy (non-hydrogen) atoms. The maximum atomic E-state index is 12.6. The summed E-state index contributed by atoms with van der Waals surface area (Å²) in [4.78, 5) is 37.7. The summed E-state index contributed by atoms with van der Waals surface area (Å²) in [5, 5.41) is 11.8. The molecule has 1 saturated carbocycles. The highest BCUT2D eigenvalue weighted by atomic mass is 32.2. The predicted octanol–water partition coefficient (Wildman–Crippen LogP) is 2.14. The van der Waals surface area contributed by atoms with Gasteiger partial charge in [-0.15, -0.1) is 11.8 Å².